The highest BCUT2D eigenvalue weighted by atomic mass is 79.9. The van der Waals surface area contributed by atoms with Crippen molar-refractivity contribution < 1.29 is 9.53 Å². The summed E-state index contributed by atoms with van der Waals surface area (Å²) >= 11 is 3.49. The highest BCUT2D eigenvalue weighted by Crippen LogP contribution is 2.33. The number of rotatable bonds is 6. The maximum Gasteiger partial charge on any atom is 0.248 e. The monoisotopic (exact) mass is 481 g/mol. The topological polar surface area (TPSA) is 88.2 Å². The average Bonchev–Trinajstić information content (AvgIpc) is 2.75. The first-order valence-electron chi connectivity index (χ1n) is 10.3. The number of aromatic nitrogens is 2. The van der Waals surface area contributed by atoms with Crippen molar-refractivity contribution in [3.63, 3.8) is 0 Å². The molecule has 1 aliphatic rings. The third-order valence-electron chi connectivity index (χ3n) is 4.96. The summed E-state index contributed by atoms with van der Waals surface area (Å²) in [6.07, 6.45) is 4.98. The number of hydrogen-bond acceptors (Lipinski definition) is 6. The predicted octanol–water partition coefficient (Wildman–Crippen LogP) is 4.78. The van der Waals surface area contributed by atoms with Gasteiger partial charge < -0.3 is 20.7 Å². The van der Waals surface area contributed by atoms with Crippen LogP contribution in [-0.2, 0) is 4.79 Å². The maximum atomic E-state index is 12.7. The molecule has 0 bridgehead atoms. The quantitative estimate of drug-likeness (QED) is 0.439. The summed E-state index contributed by atoms with van der Waals surface area (Å²) in [6, 6.07) is 11.5. The number of nitrogens with one attached hydrogen (secondary N) is 3. The van der Waals surface area contributed by atoms with Gasteiger partial charge in [0.1, 0.15) is 17.9 Å². The smallest absolute Gasteiger partial charge is 0.248 e. The number of nitrogens with zero attached hydrogens (tertiary/aromatic N) is 2. The van der Waals surface area contributed by atoms with Gasteiger partial charge in [-0.15, -0.1) is 0 Å². The molecule has 0 saturated carbocycles. The van der Waals surface area contributed by atoms with E-state index in [0.29, 0.717) is 23.9 Å². The molecule has 31 heavy (non-hydrogen) atoms. The van der Waals surface area contributed by atoms with Crippen molar-refractivity contribution in [2.24, 2.45) is 0 Å². The van der Waals surface area contributed by atoms with Gasteiger partial charge in [-0.25, -0.2) is 9.97 Å². The van der Waals surface area contributed by atoms with Crippen LogP contribution in [0.5, 0.6) is 5.75 Å². The van der Waals surface area contributed by atoms with Crippen LogP contribution in [-0.4, -0.2) is 35.6 Å². The second kappa shape index (κ2) is 9.89. The van der Waals surface area contributed by atoms with E-state index in [1.54, 1.807) is 6.08 Å². The molecule has 0 spiro atoms. The first-order chi connectivity index (χ1) is 15.1. The fourth-order valence-electron chi connectivity index (χ4n) is 3.51. The van der Waals surface area contributed by atoms with Crippen LogP contribution in [0.25, 0.3) is 10.9 Å². The van der Waals surface area contributed by atoms with Gasteiger partial charge in [0.2, 0.25) is 5.91 Å². The number of ether oxygens (including phenoxy) is 1. The SMILES string of the molecule is CCOc1cc2ncnc(Nc3cccc(Br)c3)c2cc1NC(=O)C=C1CCNCC1. The zero-order valence-corrected chi connectivity index (χ0v) is 18.8. The Kier molecular flexibility index (Phi) is 6.79. The van der Waals surface area contributed by atoms with Gasteiger partial charge in [0.05, 0.1) is 17.8 Å². The van der Waals surface area contributed by atoms with E-state index < -0.39 is 0 Å². The van der Waals surface area contributed by atoms with Gasteiger partial charge in [0.25, 0.3) is 0 Å². The molecule has 1 fully saturated rings. The zero-order chi connectivity index (χ0) is 21.6. The normalized spacial score (nSPS) is 13.7. The molecule has 3 N–H and O–H groups in total. The van der Waals surface area contributed by atoms with Gasteiger partial charge in [-0.3, -0.25) is 4.79 Å². The van der Waals surface area contributed by atoms with E-state index in [9.17, 15) is 4.79 Å². The third-order valence-corrected chi connectivity index (χ3v) is 5.46. The lowest BCUT2D eigenvalue weighted by molar-refractivity contribution is -0.112. The van der Waals surface area contributed by atoms with Gasteiger partial charge in [0.15, 0.2) is 0 Å². The highest BCUT2D eigenvalue weighted by molar-refractivity contribution is 9.10. The Hall–Kier alpha value is -2.97. The molecule has 1 amide bonds. The number of hydrogen-bond donors (Lipinski definition) is 3. The van der Waals surface area contributed by atoms with Crippen LogP contribution in [0, 0.1) is 0 Å². The lowest BCUT2D eigenvalue weighted by Gasteiger charge is -2.16. The highest BCUT2D eigenvalue weighted by Gasteiger charge is 2.14. The van der Waals surface area contributed by atoms with Crippen LogP contribution < -0.4 is 20.7 Å². The summed E-state index contributed by atoms with van der Waals surface area (Å²) in [7, 11) is 0. The van der Waals surface area contributed by atoms with E-state index in [4.69, 9.17) is 4.74 Å². The Morgan fingerprint density at radius 3 is 2.84 bits per heavy atom. The number of fused-ring (bicyclic) bond motifs is 1. The fraction of sp³-hybridized carbons (Fsp3) is 0.261. The summed E-state index contributed by atoms with van der Waals surface area (Å²) in [5, 5.41) is 10.4. The van der Waals surface area contributed by atoms with Crippen molar-refractivity contribution in [2.45, 2.75) is 19.8 Å². The van der Waals surface area contributed by atoms with Crippen LogP contribution in [0.3, 0.4) is 0 Å². The molecule has 160 valence electrons. The Bertz CT molecular complexity index is 1120. The molecule has 7 nitrogen and oxygen atoms in total. The van der Waals surface area contributed by atoms with Crippen molar-refractivity contribution in [1.29, 1.82) is 0 Å². The minimum Gasteiger partial charge on any atom is -0.492 e. The molecular formula is C23H24BrN5O2. The van der Waals surface area contributed by atoms with Crippen molar-refractivity contribution >= 4 is 49.9 Å². The van der Waals surface area contributed by atoms with Crippen LogP contribution in [0.2, 0.25) is 0 Å². The summed E-state index contributed by atoms with van der Waals surface area (Å²) in [5.74, 6) is 1.08. The minimum atomic E-state index is -0.157. The molecule has 8 heteroatoms. The molecule has 1 aromatic heterocycles. The molecule has 1 aliphatic heterocycles. The van der Waals surface area contributed by atoms with Gasteiger partial charge >= 0.3 is 0 Å². The summed E-state index contributed by atoms with van der Waals surface area (Å²) in [6.45, 7) is 4.20. The summed E-state index contributed by atoms with van der Waals surface area (Å²) in [4.78, 5) is 21.5. The predicted molar refractivity (Wildman–Crippen MR) is 127 cm³/mol. The van der Waals surface area contributed by atoms with E-state index in [1.807, 2.05) is 43.3 Å². The second-order valence-electron chi connectivity index (χ2n) is 7.20. The number of carbonyl (C=O) groups excluding carboxylic acids is 1. The van der Waals surface area contributed by atoms with E-state index in [-0.39, 0.29) is 5.91 Å². The van der Waals surface area contributed by atoms with E-state index in [0.717, 1.165) is 52.6 Å². The Labute approximate surface area is 189 Å². The number of amides is 1. The first-order valence-corrected chi connectivity index (χ1v) is 11.1. The standard InChI is InChI=1S/C23H24BrN5O2/c1-2-31-21-13-19-18(12-20(21)29-22(30)10-15-6-8-25-9-7-15)23(27-14-26-19)28-17-5-3-4-16(24)11-17/h3-5,10-14,25H,2,6-9H2,1H3,(H,29,30)(H,26,27,28). The molecule has 0 aliphatic carbocycles. The second-order valence-corrected chi connectivity index (χ2v) is 8.11. The first kappa shape index (κ1) is 21.3. The largest absolute Gasteiger partial charge is 0.492 e. The Balaban J connectivity index is 1.67. The van der Waals surface area contributed by atoms with Gasteiger partial charge in [0, 0.05) is 27.7 Å². The van der Waals surface area contributed by atoms with Gasteiger partial charge in [-0.1, -0.05) is 27.6 Å². The van der Waals surface area contributed by atoms with Crippen molar-refractivity contribution in [3.8, 4) is 5.75 Å². The van der Waals surface area contributed by atoms with Crippen molar-refractivity contribution in [2.75, 3.05) is 30.3 Å². The average molecular weight is 482 g/mol. The van der Waals surface area contributed by atoms with Crippen LogP contribution in [0.1, 0.15) is 19.8 Å². The van der Waals surface area contributed by atoms with Crippen molar-refractivity contribution in [1.82, 2.24) is 15.3 Å². The summed E-state index contributed by atoms with van der Waals surface area (Å²) < 4.78 is 6.74. The molecule has 4 rings (SSSR count). The molecular weight excluding hydrogens is 458 g/mol. The number of piperidine rings is 1. The van der Waals surface area contributed by atoms with Crippen molar-refractivity contribution in [3.05, 3.63) is 58.8 Å². The Morgan fingerprint density at radius 1 is 1.23 bits per heavy atom. The van der Waals surface area contributed by atoms with Crippen LogP contribution in [0.4, 0.5) is 17.2 Å². The molecule has 3 aromatic rings. The minimum absolute atomic E-state index is 0.157. The Morgan fingerprint density at radius 2 is 2.06 bits per heavy atom. The van der Waals surface area contributed by atoms with Crippen LogP contribution in [0.15, 0.2) is 58.8 Å². The molecule has 2 aromatic carbocycles. The fourth-order valence-corrected chi connectivity index (χ4v) is 3.90. The number of anilines is 3. The van der Waals surface area contributed by atoms with E-state index in [2.05, 4.69) is 41.8 Å². The lowest BCUT2D eigenvalue weighted by Crippen LogP contribution is -2.24. The van der Waals surface area contributed by atoms with E-state index in [1.165, 1.54) is 6.33 Å². The molecule has 0 atom stereocenters. The van der Waals surface area contributed by atoms with Crippen LogP contribution >= 0.6 is 15.9 Å². The van der Waals surface area contributed by atoms with E-state index >= 15 is 0 Å². The molecule has 2 heterocycles. The lowest BCUT2D eigenvalue weighted by atomic mass is 10.1. The van der Waals surface area contributed by atoms with Gasteiger partial charge in [-0.2, -0.15) is 0 Å². The zero-order valence-electron chi connectivity index (χ0n) is 17.2. The molecule has 0 radical (unpaired) electrons. The summed E-state index contributed by atoms with van der Waals surface area (Å²) in [5.41, 5.74) is 3.36. The molecule has 0 unspecified atom stereocenters. The number of carbonyl (C=O) groups is 1. The molecule has 1 saturated heterocycles. The van der Waals surface area contributed by atoms with Gasteiger partial charge in [-0.05, 0) is 57.1 Å². The maximum absolute atomic E-state index is 12.7. The number of halogens is 1. The third kappa shape index (κ3) is 5.39. The number of benzene rings is 2.